The van der Waals surface area contributed by atoms with Gasteiger partial charge in [-0.3, -0.25) is 10.1 Å². The summed E-state index contributed by atoms with van der Waals surface area (Å²) in [5.74, 6) is 3.35. The molecule has 21 heavy (non-hydrogen) atoms. The third-order valence-electron chi connectivity index (χ3n) is 4.30. The Labute approximate surface area is 130 Å². The normalized spacial score (nSPS) is 27.1. The molecule has 2 aliphatic rings. The van der Waals surface area contributed by atoms with Crippen LogP contribution < -0.4 is 10.1 Å². The molecule has 5 heteroatoms. The first-order valence-electron chi connectivity index (χ1n) is 7.50. The van der Waals surface area contributed by atoms with E-state index >= 15 is 0 Å². The van der Waals surface area contributed by atoms with Crippen LogP contribution in [-0.4, -0.2) is 41.5 Å². The van der Waals surface area contributed by atoms with E-state index in [4.69, 9.17) is 4.74 Å². The van der Waals surface area contributed by atoms with Crippen LogP contribution in [0.1, 0.15) is 31.5 Å². The van der Waals surface area contributed by atoms with Crippen molar-refractivity contribution >= 4 is 17.7 Å². The van der Waals surface area contributed by atoms with Gasteiger partial charge in [-0.2, -0.15) is 11.8 Å². The molecule has 0 bridgehead atoms. The van der Waals surface area contributed by atoms with E-state index in [-0.39, 0.29) is 18.1 Å². The molecule has 2 heterocycles. The lowest BCUT2D eigenvalue weighted by Gasteiger charge is -2.35. The van der Waals surface area contributed by atoms with Crippen molar-refractivity contribution in [1.82, 2.24) is 10.2 Å². The molecule has 0 aromatic heterocycles. The van der Waals surface area contributed by atoms with E-state index in [1.165, 1.54) is 0 Å². The molecule has 0 radical (unpaired) electrons. The average Bonchev–Trinajstić information content (AvgIpc) is 2.84. The summed E-state index contributed by atoms with van der Waals surface area (Å²) in [6.07, 6.45) is 2.15. The summed E-state index contributed by atoms with van der Waals surface area (Å²) in [6, 6.07) is 8.25. The highest BCUT2D eigenvalue weighted by molar-refractivity contribution is 7.99. The second kappa shape index (κ2) is 6.28. The fourth-order valence-corrected chi connectivity index (χ4v) is 4.24. The Morgan fingerprint density at radius 3 is 2.81 bits per heavy atom. The van der Waals surface area contributed by atoms with Crippen LogP contribution in [0.2, 0.25) is 0 Å². The number of rotatable bonds is 3. The molecule has 114 valence electrons. The van der Waals surface area contributed by atoms with Crippen molar-refractivity contribution < 1.29 is 9.53 Å². The number of nitrogens with zero attached hydrogens (tertiary/aromatic N) is 1. The lowest BCUT2D eigenvalue weighted by atomic mass is 10.1. The third-order valence-corrected chi connectivity index (χ3v) is 5.35. The molecule has 1 aromatic rings. The number of ether oxygens (including phenoxy) is 1. The Balaban J connectivity index is 1.88. The number of hydrogen-bond acceptors (Lipinski definition) is 4. The SMILES string of the molecule is COc1cccc(C2NC(C)C(=O)N2C2CCSCC2)c1. The predicted molar refractivity (Wildman–Crippen MR) is 85.5 cm³/mol. The van der Waals surface area contributed by atoms with Crippen LogP contribution in [0, 0.1) is 0 Å². The maximum Gasteiger partial charge on any atom is 0.241 e. The zero-order valence-corrected chi connectivity index (χ0v) is 13.4. The van der Waals surface area contributed by atoms with Crippen LogP contribution in [0.25, 0.3) is 0 Å². The Kier molecular flexibility index (Phi) is 4.40. The fourth-order valence-electron chi connectivity index (χ4n) is 3.16. The second-order valence-corrected chi connectivity index (χ2v) is 6.88. The van der Waals surface area contributed by atoms with E-state index in [0.717, 1.165) is 35.7 Å². The van der Waals surface area contributed by atoms with Gasteiger partial charge in [0.15, 0.2) is 0 Å². The van der Waals surface area contributed by atoms with Crippen LogP contribution >= 0.6 is 11.8 Å². The van der Waals surface area contributed by atoms with E-state index < -0.39 is 0 Å². The van der Waals surface area contributed by atoms with Crippen molar-refractivity contribution in [2.45, 2.75) is 38.0 Å². The van der Waals surface area contributed by atoms with Crippen molar-refractivity contribution in [2.24, 2.45) is 0 Å². The van der Waals surface area contributed by atoms with Crippen molar-refractivity contribution in [3.8, 4) is 5.75 Å². The summed E-state index contributed by atoms with van der Waals surface area (Å²) in [5.41, 5.74) is 1.10. The molecule has 1 aromatic carbocycles. The van der Waals surface area contributed by atoms with Gasteiger partial charge in [-0.05, 0) is 49.0 Å². The summed E-state index contributed by atoms with van der Waals surface area (Å²) in [4.78, 5) is 14.6. The standard InChI is InChI=1S/C16H22N2O2S/c1-11-16(19)18(13-6-8-21-9-7-13)15(17-11)12-4-3-5-14(10-12)20-2/h3-5,10-11,13,15,17H,6-9H2,1-2H3. The molecule has 2 saturated heterocycles. The largest absolute Gasteiger partial charge is 0.497 e. The minimum Gasteiger partial charge on any atom is -0.497 e. The van der Waals surface area contributed by atoms with Crippen LogP contribution in [-0.2, 0) is 4.79 Å². The fraction of sp³-hybridized carbons (Fsp3) is 0.562. The molecule has 2 unspecified atom stereocenters. The van der Waals surface area contributed by atoms with Gasteiger partial charge in [0.1, 0.15) is 11.9 Å². The van der Waals surface area contributed by atoms with Gasteiger partial charge in [0.2, 0.25) is 5.91 Å². The molecule has 0 spiro atoms. The highest BCUT2D eigenvalue weighted by Gasteiger charge is 2.41. The average molecular weight is 306 g/mol. The Hall–Kier alpha value is -1.20. The number of benzene rings is 1. The van der Waals surface area contributed by atoms with E-state index in [2.05, 4.69) is 16.3 Å². The molecule has 0 saturated carbocycles. The number of hydrogen-bond donors (Lipinski definition) is 1. The Morgan fingerprint density at radius 1 is 1.33 bits per heavy atom. The van der Waals surface area contributed by atoms with E-state index in [1.807, 2.05) is 36.9 Å². The Morgan fingerprint density at radius 2 is 2.10 bits per heavy atom. The number of amides is 1. The number of thioether (sulfide) groups is 1. The van der Waals surface area contributed by atoms with Gasteiger partial charge in [0.25, 0.3) is 0 Å². The van der Waals surface area contributed by atoms with E-state index in [1.54, 1.807) is 7.11 Å². The minimum atomic E-state index is -0.115. The third kappa shape index (κ3) is 2.90. The van der Waals surface area contributed by atoms with Crippen LogP contribution in [0.4, 0.5) is 0 Å². The number of methoxy groups -OCH3 is 1. The summed E-state index contributed by atoms with van der Waals surface area (Å²) in [5, 5.41) is 3.43. The first-order chi connectivity index (χ1) is 10.2. The highest BCUT2D eigenvalue weighted by atomic mass is 32.2. The summed E-state index contributed by atoms with van der Waals surface area (Å²) in [7, 11) is 1.67. The molecular formula is C16H22N2O2S. The van der Waals surface area contributed by atoms with Gasteiger partial charge < -0.3 is 9.64 Å². The van der Waals surface area contributed by atoms with E-state index in [0.29, 0.717) is 6.04 Å². The molecule has 2 aliphatic heterocycles. The molecular weight excluding hydrogens is 284 g/mol. The monoisotopic (exact) mass is 306 g/mol. The smallest absolute Gasteiger partial charge is 0.241 e. The molecule has 2 atom stereocenters. The number of nitrogens with one attached hydrogen (secondary N) is 1. The maximum absolute atomic E-state index is 12.6. The Bertz CT molecular complexity index is 517. The molecule has 4 nitrogen and oxygen atoms in total. The van der Waals surface area contributed by atoms with Gasteiger partial charge in [-0.25, -0.2) is 0 Å². The molecule has 2 fully saturated rings. The summed E-state index contributed by atoms with van der Waals surface area (Å²) >= 11 is 1.98. The molecule has 1 amide bonds. The molecule has 0 aliphatic carbocycles. The van der Waals surface area contributed by atoms with Crippen molar-refractivity contribution in [1.29, 1.82) is 0 Å². The number of carbonyl (C=O) groups is 1. The second-order valence-electron chi connectivity index (χ2n) is 5.66. The van der Waals surface area contributed by atoms with Gasteiger partial charge in [0.05, 0.1) is 13.2 Å². The summed E-state index contributed by atoms with van der Waals surface area (Å²) < 4.78 is 5.31. The maximum atomic E-state index is 12.6. The first-order valence-corrected chi connectivity index (χ1v) is 8.66. The predicted octanol–water partition coefficient (Wildman–Crippen LogP) is 2.41. The van der Waals surface area contributed by atoms with E-state index in [9.17, 15) is 4.79 Å². The first kappa shape index (κ1) is 14.7. The van der Waals surface area contributed by atoms with Gasteiger partial charge >= 0.3 is 0 Å². The topological polar surface area (TPSA) is 41.6 Å². The lowest BCUT2D eigenvalue weighted by molar-refractivity contribution is -0.132. The summed E-state index contributed by atoms with van der Waals surface area (Å²) in [6.45, 7) is 1.95. The van der Waals surface area contributed by atoms with Gasteiger partial charge in [-0.15, -0.1) is 0 Å². The van der Waals surface area contributed by atoms with Crippen LogP contribution in [0.5, 0.6) is 5.75 Å². The van der Waals surface area contributed by atoms with Crippen molar-refractivity contribution in [3.63, 3.8) is 0 Å². The molecule has 1 N–H and O–H groups in total. The number of carbonyl (C=O) groups excluding carboxylic acids is 1. The zero-order valence-electron chi connectivity index (χ0n) is 12.5. The van der Waals surface area contributed by atoms with Crippen molar-refractivity contribution in [3.05, 3.63) is 29.8 Å². The van der Waals surface area contributed by atoms with Crippen LogP contribution in [0.3, 0.4) is 0 Å². The van der Waals surface area contributed by atoms with Crippen LogP contribution in [0.15, 0.2) is 24.3 Å². The van der Waals surface area contributed by atoms with Gasteiger partial charge in [0, 0.05) is 6.04 Å². The molecule has 3 rings (SSSR count). The zero-order chi connectivity index (χ0) is 14.8. The minimum absolute atomic E-state index is 0.0318. The lowest BCUT2D eigenvalue weighted by Crippen LogP contribution is -2.42. The van der Waals surface area contributed by atoms with Gasteiger partial charge in [-0.1, -0.05) is 12.1 Å². The highest BCUT2D eigenvalue weighted by Crippen LogP contribution is 2.33. The van der Waals surface area contributed by atoms with Crippen molar-refractivity contribution in [2.75, 3.05) is 18.6 Å². The quantitative estimate of drug-likeness (QED) is 0.931.